The Morgan fingerprint density at radius 1 is 1.21 bits per heavy atom. The molecule has 2 nitrogen and oxygen atoms in total. The SMILES string of the molecule is Cc1ccc(-c2c(I)cnn2C)cc1. The molecule has 0 fully saturated rings. The fourth-order valence-corrected chi connectivity index (χ4v) is 2.23. The van der Waals surface area contributed by atoms with Gasteiger partial charge in [-0.2, -0.15) is 5.10 Å². The highest BCUT2D eigenvalue weighted by Gasteiger charge is 2.07. The molecule has 1 aromatic carbocycles. The Kier molecular flexibility index (Phi) is 2.58. The van der Waals surface area contributed by atoms with E-state index < -0.39 is 0 Å². The van der Waals surface area contributed by atoms with Gasteiger partial charge in [0, 0.05) is 12.6 Å². The molecule has 0 atom stereocenters. The summed E-state index contributed by atoms with van der Waals surface area (Å²) in [4.78, 5) is 0. The fourth-order valence-electron chi connectivity index (χ4n) is 1.45. The molecule has 0 radical (unpaired) electrons. The summed E-state index contributed by atoms with van der Waals surface area (Å²) < 4.78 is 3.10. The van der Waals surface area contributed by atoms with Crippen LogP contribution in [-0.4, -0.2) is 9.78 Å². The van der Waals surface area contributed by atoms with Crippen molar-refractivity contribution >= 4 is 22.6 Å². The monoisotopic (exact) mass is 298 g/mol. The Morgan fingerprint density at radius 2 is 1.86 bits per heavy atom. The first-order valence-corrected chi connectivity index (χ1v) is 5.51. The topological polar surface area (TPSA) is 17.8 Å². The average Bonchev–Trinajstić information content (AvgIpc) is 2.49. The summed E-state index contributed by atoms with van der Waals surface area (Å²) in [5.41, 5.74) is 3.69. The molecule has 0 amide bonds. The lowest BCUT2D eigenvalue weighted by Gasteiger charge is -2.03. The molecule has 1 aromatic heterocycles. The fraction of sp³-hybridized carbons (Fsp3) is 0.182. The molecule has 0 unspecified atom stereocenters. The molecule has 2 aromatic rings. The molecule has 0 aliphatic heterocycles. The minimum Gasteiger partial charge on any atom is -0.267 e. The van der Waals surface area contributed by atoms with Crippen LogP contribution in [0.4, 0.5) is 0 Å². The number of benzene rings is 1. The van der Waals surface area contributed by atoms with Gasteiger partial charge in [-0.15, -0.1) is 0 Å². The maximum Gasteiger partial charge on any atom is 0.0812 e. The minimum absolute atomic E-state index is 1.19. The highest BCUT2D eigenvalue weighted by atomic mass is 127. The van der Waals surface area contributed by atoms with Crippen LogP contribution < -0.4 is 0 Å². The van der Waals surface area contributed by atoms with Crippen molar-refractivity contribution in [2.75, 3.05) is 0 Å². The van der Waals surface area contributed by atoms with Crippen LogP contribution in [0.5, 0.6) is 0 Å². The maximum atomic E-state index is 4.22. The van der Waals surface area contributed by atoms with Crippen molar-refractivity contribution in [1.29, 1.82) is 0 Å². The third-order valence-corrected chi connectivity index (χ3v) is 3.01. The number of rotatable bonds is 1. The van der Waals surface area contributed by atoms with Gasteiger partial charge in [-0.1, -0.05) is 29.8 Å². The summed E-state index contributed by atoms with van der Waals surface area (Å²) in [6.45, 7) is 2.10. The summed E-state index contributed by atoms with van der Waals surface area (Å²) in [6, 6.07) is 8.51. The molecule has 0 aliphatic carbocycles. The van der Waals surface area contributed by atoms with Gasteiger partial charge >= 0.3 is 0 Å². The van der Waals surface area contributed by atoms with Gasteiger partial charge in [-0.3, -0.25) is 4.68 Å². The molecule has 0 spiro atoms. The number of hydrogen-bond acceptors (Lipinski definition) is 1. The van der Waals surface area contributed by atoms with Gasteiger partial charge in [-0.05, 0) is 29.5 Å². The Labute approximate surface area is 97.1 Å². The molecule has 0 bridgehead atoms. The zero-order valence-electron chi connectivity index (χ0n) is 8.16. The predicted octanol–water partition coefficient (Wildman–Crippen LogP) is 3.00. The van der Waals surface area contributed by atoms with Crippen LogP contribution in [0.3, 0.4) is 0 Å². The molecule has 3 heteroatoms. The van der Waals surface area contributed by atoms with Crippen LogP contribution in [0.2, 0.25) is 0 Å². The smallest absolute Gasteiger partial charge is 0.0812 e. The van der Waals surface area contributed by atoms with Gasteiger partial charge in [0.15, 0.2) is 0 Å². The van der Waals surface area contributed by atoms with Crippen molar-refractivity contribution in [2.45, 2.75) is 6.92 Å². The quantitative estimate of drug-likeness (QED) is 0.740. The lowest BCUT2D eigenvalue weighted by molar-refractivity contribution is 0.775. The Hall–Kier alpha value is -0.840. The average molecular weight is 298 g/mol. The zero-order valence-corrected chi connectivity index (χ0v) is 10.3. The summed E-state index contributed by atoms with van der Waals surface area (Å²) in [7, 11) is 1.97. The molecule has 1 heterocycles. The standard InChI is InChI=1S/C11H11IN2/c1-8-3-5-9(6-4-8)11-10(12)7-13-14(11)2/h3-7H,1-2H3. The van der Waals surface area contributed by atoms with Crippen molar-refractivity contribution in [1.82, 2.24) is 9.78 Å². The number of aryl methyl sites for hydroxylation is 2. The predicted molar refractivity (Wildman–Crippen MR) is 66.1 cm³/mol. The van der Waals surface area contributed by atoms with E-state index >= 15 is 0 Å². The third kappa shape index (κ3) is 1.68. The highest BCUT2D eigenvalue weighted by molar-refractivity contribution is 14.1. The van der Waals surface area contributed by atoms with Crippen LogP contribution in [0, 0.1) is 10.5 Å². The van der Waals surface area contributed by atoms with Crippen LogP contribution in [0.15, 0.2) is 30.5 Å². The van der Waals surface area contributed by atoms with E-state index in [1.165, 1.54) is 20.4 Å². The van der Waals surface area contributed by atoms with Crippen molar-refractivity contribution < 1.29 is 0 Å². The van der Waals surface area contributed by atoms with Gasteiger partial charge < -0.3 is 0 Å². The summed E-state index contributed by atoms with van der Waals surface area (Å²) in [5, 5.41) is 4.22. The minimum atomic E-state index is 1.19. The van der Waals surface area contributed by atoms with Crippen LogP contribution >= 0.6 is 22.6 Å². The number of nitrogens with zero attached hydrogens (tertiary/aromatic N) is 2. The van der Waals surface area contributed by atoms with Crippen LogP contribution in [0.1, 0.15) is 5.56 Å². The second-order valence-corrected chi connectivity index (χ2v) is 4.49. The van der Waals surface area contributed by atoms with Crippen LogP contribution in [0.25, 0.3) is 11.3 Å². The number of halogens is 1. The largest absolute Gasteiger partial charge is 0.267 e. The molecule has 72 valence electrons. The van der Waals surface area contributed by atoms with Crippen LogP contribution in [-0.2, 0) is 7.05 Å². The van der Waals surface area contributed by atoms with Gasteiger partial charge in [0.05, 0.1) is 15.5 Å². The normalized spacial score (nSPS) is 10.5. The molecule has 0 saturated carbocycles. The van der Waals surface area contributed by atoms with E-state index in [1.54, 1.807) is 0 Å². The molecule has 0 saturated heterocycles. The molecule has 14 heavy (non-hydrogen) atoms. The van der Waals surface area contributed by atoms with Gasteiger partial charge in [0.2, 0.25) is 0 Å². The third-order valence-electron chi connectivity index (χ3n) is 2.22. The van der Waals surface area contributed by atoms with Crippen molar-refractivity contribution in [2.24, 2.45) is 7.05 Å². The number of hydrogen-bond donors (Lipinski definition) is 0. The lowest BCUT2D eigenvalue weighted by Crippen LogP contribution is -1.94. The van der Waals surface area contributed by atoms with Crippen molar-refractivity contribution in [3.63, 3.8) is 0 Å². The second-order valence-electron chi connectivity index (χ2n) is 3.33. The summed E-state index contributed by atoms with van der Waals surface area (Å²) in [6.07, 6.45) is 1.88. The molecule has 0 aliphatic rings. The summed E-state index contributed by atoms with van der Waals surface area (Å²) in [5.74, 6) is 0. The van der Waals surface area contributed by atoms with Crippen molar-refractivity contribution in [3.8, 4) is 11.3 Å². The van der Waals surface area contributed by atoms with E-state index in [0.29, 0.717) is 0 Å². The first-order chi connectivity index (χ1) is 6.68. The Bertz CT molecular complexity index is 423. The highest BCUT2D eigenvalue weighted by Crippen LogP contribution is 2.24. The lowest BCUT2D eigenvalue weighted by atomic mass is 10.1. The molecule has 2 rings (SSSR count). The Balaban J connectivity index is 2.54. The van der Waals surface area contributed by atoms with E-state index in [4.69, 9.17) is 0 Å². The van der Waals surface area contributed by atoms with Gasteiger partial charge in [0.25, 0.3) is 0 Å². The van der Waals surface area contributed by atoms with Gasteiger partial charge in [-0.25, -0.2) is 0 Å². The number of aromatic nitrogens is 2. The van der Waals surface area contributed by atoms with E-state index in [2.05, 4.69) is 58.9 Å². The van der Waals surface area contributed by atoms with E-state index in [-0.39, 0.29) is 0 Å². The van der Waals surface area contributed by atoms with E-state index in [9.17, 15) is 0 Å². The Morgan fingerprint density at radius 3 is 2.36 bits per heavy atom. The summed E-state index contributed by atoms with van der Waals surface area (Å²) >= 11 is 2.31. The van der Waals surface area contributed by atoms with Gasteiger partial charge in [0.1, 0.15) is 0 Å². The molecular formula is C11H11IN2. The first-order valence-electron chi connectivity index (χ1n) is 4.43. The molecular weight excluding hydrogens is 287 g/mol. The molecule has 0 N–H and O–H groups in total. The zero-order chi connectivity index (χ0) is 10.1. The first kappa shape index (κ1) is 9.71. The second kappa shape index (κ2) is 3.73. The maximum absolute atomic E-state index is 4.22. The van der Waals surface area contributed by atoms with E-state index in [1.807, 2.05) is 17.9 Å². The van der Waals surface area contributed by atoms with Crippen molar-refractivity contribution in [3.05, 3.63) is 39.6 Å². The van der Waals surface area contributed by atoms with E-state index in [0.717, 1.165) is 0 Å².